The summed E-state index contributed by atoms with van der Waals surface area (Å²) in [6, 6.07) is 8.07. The Kier molecular flexibility index (Phi) is 5.77. The van der Waals surface area contributed by atoms with E-state index < -0.39 is 0 Å². The standard InChI is InChI=1S/C16H21ClN6O/c17-14-5-3-13(4-6-14)15(22-8-1-2-9-22)11-18-16(24)7-10-23-12-19-20-21-23/h3-6,12,15H,1-2,7-11H2,(H,18,24)/t15-/m0/s1. The molecular weight excluding hydrogens is 328 g/mol. The van der Waals surface area contributed by atoms with E-state index in [2.05, 4.69) is 25.7 Å². The number of tetrazole rings is 1. The molecule has 7 nitrogen and oxygen atoms in total. The number of benzene rings is 1. The topological polar surface area (TPSA) is 75.9 Å². The Balaban J connectivity index is 1.57. The van der Waals surface area contributed by atoms with E-state index in [0.29, 0.717) is 19.5 Å². The lowest BCUT2D eigenvalue weighted by atomic mass is 10.1. The van der Waals surface area contributed by atoms with Gasteiger partial charge in [0.25, 0.3) is 0 Å². The van der Waals surface area contributed by atoms with E-state index in [1.807, 2.05) is 24.3 Å². The third kappa shape index (κ3) is 4.52. The maximum atomic E-state index is 12.1. The van der Waals surface area contributed by atoms with Crippen molar-refractivity contribution >= 4 is 17.5 Å². The molecule has 0 aliphatic carbocycles. The SMILES string of the molecule is O=C(CCn1cnnn1)NC[C@@H](c1ccc(Cl)cc1)N1CCCC1. The molecule has 0 radical (unpaired) electrons. The van der Waals surface area contributed by atoms with Crippen molar-refractivity contribution in [3.05, 3.63) is 41.2 Å². The van der Waals surface area contributed by atoms with E-state index in [9.17, 15) is 4.79 Å². The number of nitrogens with zero attached hydrogens (tertiary/aromatic N) is 5. The first kappa shape index (κ1) is 16.9. The molecule has 1 aromatic heterocycles. The van der Waals surface area contributed by atoms with Crippen molar-refractivity contribution in [3.63, 3.8) is 0 Å². The number of carbonyl (C=O) groups excluding carboxylic acids is 1. The molecule has 3 rings (SSSR count). The van der Waals surface area contributed by atoms with E-state index in [1.165, 1.54) is 24.7 Å². The highest BCUT2D eigenvalue weighted by Crippen LogP contribution is 2.25. The van der Waals surface area contributed by atoms with Crippen LogP contribution in [-0.2, 0) is 11.3 Å². The van der Waals surface area contributed by atoms with Crippen LogP contribution in [-0.4, -0.2) is 50.6 Å². The second-order valence-electron chi connectivity index (χ2n) is 5.94. The number of aryl methyl sites for hydroxylation is 1. The monoisotopic (exact) mass is 348 g/mol. The highest BCUT2D eigenvalue weighted by molar-refractivity contribution is 6.30. The Morgan fingerprint density at radius 3 is 2.67 bits per heavy atom. The number of aromatic nitrogens is 4. The molecule has 1 aliphatic rings. The van der Waals surface area contributed by atoms with Gasteiger partial charge in [-0.1, -0.05) is 23.7 Å². The second kappa shape index (κ2) is 8.21. The van der Waals surface area contributed by atoms with Crippen LogP contribution in [0.2, 0.25) is 5.02 Å². The van der Waals surface area contributed by atoms with Crippen LogP contribution in [0, 0.1) is 0 Å². The van der Waals surface area contributed by atoms with Crippen molar-refractivity contribution in [2.24, 2.45) is 0 Å². The van der Waals surface area contributed by atoms with Gasteiger partial charge in [0, 0.05) is 18.0 Å². The second-order valence-corrected chi connectivity index (χ2v) is 6.37. The van der Waals surface area contributed by atoms with Crippen molar-refractivity contribution in [1.29, 1.82) is 0 Å². The smallest absolute Gasteiger partial charge is 0.221 e. The Bertz CT molecular complexity index is 639. The van der Waals surface area contributed by atoms with E-state index in [1.54, 1.807) is 4.68 Å². The van der Waals surface area contributed by atoms with Crippen LogP contribution >= 0.6 is 11.6 Å². The first-order valence-electron chi connectivity index (χ1n) is 8.19. The molecule has 1 aromatic carbocycles. The fraction of sp³-hybridized carbons (Fsp3) is 0.500. The zero-order chi connectivity index (χ0) is 16.8. The molecule has 1 fully saturated rings. The predicted molar refractivity (Wildman–Crippen MR) is 90.4 cm³/mol. The van der Waals surface area contributed by atoms with Gasteiger partial charge in [0.05, 0.1) is 12.6 Å². The van der Waals surface area contributed by atoms with Gasteiger partial charge in [-0.3, -0.25) is 9.69 Å². The van der Waals surface area contributed by atoms with Crippen molar-refractivity contribution in [3.8, 4) is 0 Å². The zero-order valence-electron chi connectivity index (χ0n) is 13.4. The van der Waals surface area contributed by atoms with E-state index >= 15 is 0 Å². The number of halogens is 1. The molecule has 0 saturated carbocycles. The quantitative estimate of drug-likeness (QED) is 0.823. The van der Waals surface area contributed by atoms with Gasteiger partial charge >= 0.3 is 0 Å². The summed E-state index contributed by atoms with van der Waals surface area (Å²) in [6.07, 6.45) is 4.28. The third-order valence-electron chi connectivity index (χ3n) is 4.29. The fourth-order valence-corrected chi connectivity index (χ4v) is 3.12. The average Bonchev–Trinajstić information content (AvgIpc) is 3.28. The Morgan fingerprint density at radius 1 is 1.25 bits per heavy atom. The highest BCUT2D eigenvalue weighted by Gasteiger charge is 2.23. The summed E-state index contributed by atoms with van der Waals surface area (Å²) in [4.78, 5) is 14.5. The lowest BCUT2D eigenvalue weighted by Gasteiger charge is -2.28. The number of hydrogen-bond acceptors (Lipinski definition) is 5. The Morgan fingerprint density at radius 2 is 2.00 bits per heavy atom. The van der Waals surface area contributed by atoms with Gasteiger partial charge in [-0.2, -0.15) is 0 Å². The molecule has 2 aromatic rings. The highest BCUT2D eigenvalue weighted by atomic mass is 35.5. The van der Waals surface area contributed by atoms with Crippen LogP contribution in [0.4, 0.5) is 0 Å². The molecule has 0 bridgehead atoms. The van der Waals surface area contributed by atoms with Gasteiger partial charge < -0.3 is 5.32 Å². The molecule has 128 valence electrons. The molecule has 0 spiro atoms. The molecule has 0 unspecified atom stereocenters. The van der Waals surface area contributed by atoms with E-state index in [-0.39, 0.29) is 11.9 Å². The van der Waals surface area contributed by atoms with Crippen LogP contribution in [0.5, 0.6) is 0 Å². The van der Waals surface area contributed by atoms with Gasteiger partial charge in [-0.05, 0) is 54.1 Å². The minimum atomic E-state index is 0.00339. The number of nitrogens with one attached hydrogen (secondary N) is 1. The van der Waals surface area contributed by atoms with Gasteiger partial charge in [-0.25, -0.2) is 4.68 Å². The largest absolute Gasteiger partial charge is 0.354 e. The van der Waals surface area contributed by atoms with Crippen LogP contribution in [0.25, 0.3) is 0 Å². The third-order valence-corrected chi connectivity index (χ3v) is 4.54. The molecular formula is C16H21ClN6O. The van der Waals surface area contributed by atoms with E-state index in [4.69, 9.17) is 11.6 Å². The molecule has 1 amide bonds. The summed E-state index contributed by atoms with van der Waals surface area (Å²) < 4.78 is 1.55. The van der Waals surface area contributed by atoms with Crippen LogP contribution in [0.15, 0.2) is 30.6 Å². The number of likely N-dealkylation sites (tertiary alicyclic amines) is 1. The average molecular weight is 349 g/mol. The Hall–Kier alpha value is -1.99. The van der Waals surface area contributed by atoms with Gasteiger partial charge in [0.15, 0.2) is 0 Å². The lowest BCUT2D eigenvalue weighted by Crippen LogP contribution is -2.37. The van der Waals surface area contributed by atoms with Gasteiger partial charge in [-0.15, -0.1) is 5.10 Å². The summed E-state index contributed by atoms with van der Waals surface area (Å²) in [5.74, 6) is 0.00339. The van der Waals surface area contributed by atoms with Crippen molar-refractivity contribution < 1.29 is 4.79 Å². The minimum absolute atomic E-state index is 0.00339. The fourth-order valence-electron chi connectivity index (χ4n) is 2.99. The molecule has 1 aliphatic heterocycles. The predicted octanol–water partition coefficient (Wildman–Crippen LogP) is 1.67. The summed E-state index contributed by atoms with van der Waals surface area (Å²) in [6.45, 7) is 3.20. The number of rotatable bonds is 7. The number of hydrogen-bond donors (Lipinski definition) is 1. The minimum Gasteiger partial charge on any atom is -0.354 e. The first-order valence-corrected chi connectivity index (χ1v) is 8.57. The molecule has 1 N–H and O–H groups in total. The first-order chi connectivity index (χ1) is 11.7. The normalized spacial score (nSPS) is 16.2. The van der Waals surface area contributed by atoms with Crippen molar-refractivity contribution in [2.45, 2.75) is 31.8 Å². The molecule has 1 saturated heterocycles. The number of carbonyl (C=O) groups is 1. The Labute approximate surface area is 146 Å². The maximum absolute atomic E-state index is 12.1. The van der Waals surface area contributed by atoms with Gasteiger partial charge in [0.2, 0.25) is 5.91 Å². The van der Waals surface area contributed by atoms with Crippen molar-refractivity contribution in [2.75, 3.05) is 19.6 Å². The van der Waals surface area contributed by atoms with Crippen LogP contribution < -0.4 is 5.32 Å². The molecule has 8 heteroatoms. The summed E-state index contributed by atoms with van der Waals surface area (Å²) in [5, 5.41) is 14.6. The van der Waals surface area contributed by atoms with E-state index in [0.717, 1.165) is 18.1 Å². The summed E-state index contributed by atoms with van der Waals surface area (Å²) >= 11 is 5.99. The zero-order valence-corrected chi connectivity index (χ0v) is 14.2. The summed E-state index contributed by atoms with van der Waals surface area (Å²) in [5.41, 5.74) is 1.18. The molecule has 24 heavy (non-hydrogen) atoms. The van der Waals surface area contributed by atoms with Crippen LogP contribution in [0.1, 0.15) is 30.9 Å². The summed E-state index contributed by atoms with van der Waals surface area (Å²) in [7, 11) is 0. The van der Waals surface area contributed by atoms with Crippen molar-refractivity contribution in [1.82, 2.24) is 30.4 Å². The van der Waals surface area contributed by atoms with Gasteiger partial charge in [0.1, 0.15) is 6.33 Å². The molecule has 1 atom stereocenters. The van der Waals surface area contributed by atoms with Crippen LogP contribution in [0.3, 0.4) is 0 Å². The lowest BCUT2D eigenvalue weighted by molar-refractivity contribution is -0.121. The maximum Gasteiger partial charge on any atom is 0.221 e. The number of amides is 1. The molecule has 2 heterocycles.